The summed E-state index contributed by atoms with van der Waals surface area (Å²) >= 11 is 1.43. The Morgan fingerprint density at radius 2 is 1.89 bits per heavy atom. The second-order valence-corrected chi connectivity index (χ2v) is 7.65. The Hall–Kier alpha value is -0.760. The molecule has 0 spiro atoms. The summed E-state index contributed by atoms with van der Waals surface area (Å²) in [6, 6.07) is 8.26. The molecule has 1 aromatic carbocycles. The first-order valence-corrected chi connectivity index (χ1v) is 8.00. The molecule has 19 heavy (non-hydrogen) atoms. The number of hydrogen-bond donors (Lipinski definition) is 0. The van der Waals surface area contributed by atoms with Crippen molar-refractivity contribution in [1.82, 2.24) is 0 Å². The summed E-state index contributed by atoms with van der Waals surface area (Å²) in [6.07, 6.45) is 3.61. The van der Waals surface area contributed by atoms with Crippen LogP contribution in [0.2, 0.25) is 0 Å². The van der Waals surface area contributed by atoms with Crippen molar-refractivity contribution in [3.8, 4) is 0 Å². The van der Waals surface area contributed by atoms with Crippen LogP contribution in [0.1, 0.15) is 45.6 Å². The molecule has 0 aromatic heterocycles. The summed E-state index contributed by atoms with van der Waals surface area (Å²) in [5.74, 6) is 0.696. The molecule has 1 aliphatic carbocycles. The molecule has 0 N–H and O–H groups in total. The van der Waals surface area contributed by atoms with Crippen LogP contribution in [0.15, 0.2) is 29.2 Å². The van der Waals surface area contributed by atoms with Gasteiger partial charge in [0.1, 0.15) is 0 Å². The Bertz CT molecular complexity index is 447. The van der Waals surface area contributed by atoms with Gasteiger partial charge in [0.2, 0.25) is 0 Å². The number of aryl methyl sites for hydroxylation is 1. The molecule has 2 heteroatoms. The third-order valence-corrected chi connectivity index (χ3v) is 5.35. The fraction of sp³-hybridized carbons (Fsp3) is 0.588. The molecule has 1 aliphatic rings. The first-order chi connectivity index (χ1) is 8.90. The highest BCUT2D eigenvalue weighted by atomic mass is 32.2. The molecule has 2 atom stereocenters. The van der Waals surface area contributed by atoms with Gasteiger partial charge in [0.05, 0.1) is 0 Å². The van der Waals surface area contributed by atoms with Gasteiger partial charge in [0, 0.05) is 10.8 Å². The standard InChI is InChI=1S/C17H24OS/c1-12-7-9-14(10-8-12)19-16(18)15-13(2)6-5-11-17(15,3)4/h7-10,13,15H,5-6,11H2,1-4H3. The summed E-state index contributed by atoms with van der Waals surface area (Å²) in [7, 11) is 0. The number of hydrogen-bond acceptors (Lipinski definition) is 2. The van der Waals surface area contributed by atoms with Crippen molar-refractivity contribution < 1.29 is 4.79 Å². The van der Waals surface area contributed by atoms with E-state index in [2.05, 4.69) is 52.0 Å². The molecule has 0 radical (unpaired) electrons. The van der Waals surface area contributed by atoms with E-state index in [1.807, 2.05) is 0 Å². The summed E-state index contributed by atoms with van der Waals surface area (Å²) in [5, 5.41) is 0.348. The van der Waals surface area contributed by atoms with E-state index in [1.54, 1.807) is 0 Å². The van der Waals surface area contributed by atoms with Crippen LogP contribution in [-0.2, 0) is 4.79 Å². The van der Waals surface area contributed by atoms with Crippen LogP contribution in [-0.4, -0.2) is 5.12 Å². The van der Waals surface area contributed by atoms with Crippen molar-refractivity contribution in [2.75, 3.05) is 0 Å². The molecule has 0 heterocycles. The summed E-state index contributed by atoms with van der Waals surface area (Å²) in [6.45, 7) is 8.81. The van der Waals surface area contributed by atoms with Gasteiger partial charge >= 0.3 is 0 Å². The topological polar surface area (TPSA) is 17.1 Å². The summed E-state index contributed by atoms with van der Waals surface area (Å²) in [5.41, 5.74) is 1.38. The molecular weight excluding hydrogens is 252 g/mol. The van der Waals surface area contributed by atoms with Crippen LogP contribution in [0.3, 0.4) is 0 Å². The Morgan fingerprint density at radius 3 is 2.47 bits per heavy atom. The molecule has 0 saturated heterocycles. The molecule has 1 aromatic rings. The highest BCUT2D eigenvalue weighted by Crippen LogP contribution is 2.46. The van der Waals surface area contributed by atoms with Gasteiger partial charge in [0.25, 0.3) is 0 Å². The van der Waals surface area contributed by atoms with E-state index in [1.165, 1.54) is 36.6 Å². The maximum absolute atomic E-state index is 12.6. The predicted octanol–water partition coefficient (Wildman–Crippen LogP) is 5.08. The Kier molecular flexibility index (Phi) is 4.39. The average molecular weight is 276 g/mol. The van der Waals surface area contributed by atoms with Gasteiger partial charge in [-0.05, 0) is 43.2 Å². The van der Waals surface area contributed by atoms with E-state index in [-0.39, 0.29) is 11.3 Å². The van der Waals surface area contributed by atoms with E-state index < -0.39 is 0 Å². The third kappa shape index (κ3) is 3.42. The van der Waals surface area contributed by atoms with E-state index in [0.717, 1.165) is 4.90 Å². The van der Waals surface area contributed by atoms with Crippen molar-refractivity contribution in [2.24, 2.45) is 17.3 Å². The predicted molar refractivity (Wildman–Crippen MR) is 82.3 cm³/mol. The van der Waals surface area contributed by atoms with Crippen LogP contribution in [0.4, 0.5) is 0 Å². The number of carbonyl (C=O) groups is 1. The zero-order valence-electron chi connectivity index (χ0n) is 12.4. The van der Waals surface area contributed by atoms with Crippen LogP contribution in [0.25, 0.3) is 0 Å². The molecule has 0 amide bonds. The lowest BCUT2D eigenvalue weighted by Gasteiger charge is -2.41. The van der Waals surface area contributed by atoms with Gasteiger partial charge in [-0.2, -0.15) is 0 Å². The lowest BCUT2D eigenvalue weighted by molar-refractivity contribution is -0.121. The minimum atomic E-state index is 0.145. The van der Waals surface area contributed by atoms with Crippen molar-refractivity contribution in [2.45, 2.75) is 51.9 Å². The monoisotopic (exact) mass is 276 g/mol. The van der Waals surface area contributed by atoms with Crippen LogP contribution < -0.4 is 0 Å². The third-order valence-electron chi connectivity index (χ3n) is 4.38. The normalized spacial score (nSPS) is 26.1. The van der Waals surface area contributed by atoms with E-state index >= 15 is 0 Å². The van der Waals surface area contributed by atoms with Gasteiger partial charge < -0.3 is 0 Å². The van der Waals surface area contributed by atoms with Crippen LogP contribution >= 0.6 is 11.8 Å². The lowest BCUT2D eigenvalue weighted by Crippen LogP contribution is -2.38. The maximum Gasteiger partial charge on any atom is 0.197 e. The highest BCUT2D eigenvalue weighted by Gasteiger charge is 2.41. The minimum Gasteiger partial charge on any atom is -0.286 e. The zero-order valence-corrected chi connectivity index (χ0v) is 13.2. The molecule has 104 valence electrons. The molecular formula is C17H24OS. The van der Waals surface area contributed by atoms with Gasteiger partial charge in [-0.15, -0.1) is 0 Å². The minimum absolute atomic E-state index is 0.145. The van der Waals surface area contributed by atoms with Crippen molar-refractivity contribution in [1.29, 1.82) is 0 Å². The molecule has 1 fully saturated rings. The Labute approximate surface area is 121 Å². The van der Waals surface area contributed by atoms with Crippen molar-refractivity contribution in [3.63, 3.8) is 0 Å². The number of rotatable bonds is 2. The molecule has 1 nitrogen and oxygen atoms in total. The largest absolute Gasteiger partial charge is 0.286 e. The molecule has 0 bridgehead atoms. The van der Waals surface area contributed by atoms with Crippen LogP contribution in [0, 0.1) is 24.2 Å². The second-order valence-electron chi connectivity index (χ2n) is 6.57. The molecule has 2 rings (SSSR count). The number of carbonyl (C=O) groups excluding carboxylic acids is 1. The molecule has 1 saturated carbocycles. The van der Waals surface area contributed by atoms with Crippen molar-refractivity contribution in [3.05, 3.63) is 29.8 Å². The van der Waals surface area contributed by atoms with E-state index in [9.17, 15) is 4.79 Å². The fourth-order valence-corrected chi connectivity index (χ4v) is 4.49. The molecule has 2 unspecified atom stereocenters. The zero-order chi connectivity index (χ0) is 14.0. The van der Waals surface area contributed by atoms with Crippen molar-refractivity contribution >= 4 is 16.9 Å². The SMILES string of the molecule is Cc1ccc(SC(=O)C2C(C)CCCC2(C)C)cc1. The Morgan fingerprint density at radius 1 is 1.26 bits per heavy atom. The maximum atomic E-state index is 12.6. The smallest absolute Gasteiger partial charge is 0.197 e. The number of thioether (sulfide) groups is 1. The van der Waals surface area contributed by atoms with Crippen LogP contribution in [0.5, 0.6) is 0 Å². The van der Waals surface area contributed by atoms with Gasteiger partial charge in [-0.25, -0.2) is 0 Å². The first kappa shape index (κ1) is 14.6. The van der Waals surface area contributed by atoms with E-state index in [0.29, 0.717) is 11.0 Å². The second kappa shape index (κ2) is 5.70. The van der Waals surface area contributed by atoms with Gasteiger partial charge in [-0.1, -0.05) is 56.7 Å². The summed E-state index contributed by atoms with van der Waals surface area (Å²) in [4.78, 5) is 13.7. The summed E-state index contributed by atoms with van der Waals surface area (Å²) < 4.78 is 0. The van der Waals surface area contributed by atoms with E-state index in [4.69, 9.17) is 0 Å². The average Bonchev–Trinajstić information content (AvgIpc) is 2.30. The lowest BCUT2D eigenvalue weighted by atomic mass is 9.65. The fourth-order valence-electron chi connectivity index (χ4n) is 3.31. The quantitative estimate of drug-likeness (QED) is 0.701. The Balaban J connectivity index is 2.11. The van der Waals surface area contributed by atoms with Gasteiger partial charge in [0.15, 0.2) is 5.12 Å². The first-order valence-electron chi connectivity index (χ1n) is 7.18. The molecule has 0 aliphatic heterocycles. The number of benzene rings is 1. The highest BCUT2D eigenvalue weighted by molar-refractivity contribution is 8.13. The van der Waals surface area contributed by atoms with Gasteiger partial charge in [-0.3, -0.25) is 4.79 Å².